The van der Waals surface area contributed by atoms with Gasteiger partial charge in [0.1, 0.15) is 0 Å². The molecule has 0 spiro atoms. The normalized spacial score (nSPS) is 14.5. The molecule has 20 heavy (non-hydrogen) atoms. The summed E-state index contributed by atoms with van der Waals surface area (Å²) in [7, 11) is 0. The molecular weight excluding hydrogens is 270 g/mol. The number of hydrogen-bond acceptors (Lipinski definition) is 3. The van der Waals surface area contributed by atoms with Crippen molar-refractivity contribution in [2.45, 2.75) is 13.0 Å². The molecule has 1 N–H and O–H groups in total. The van der Waals surface area contributed by atoms with Crippen molar-refractivity contribution in [1.82, 2.24) is 15.1 Å². The molecular formula is C15H13N3OS. The highest BCUT2D eigenvalue weighted by Crippen LogP contribution is 2.26. The van der Waals surface area contributed by atoms with Gasteiger partial charge in [-0.3, -0.25) is 9.89 Å². The number of nitrogens with zero attached hydrogens (tertiary/aromatic N) is 2. The van der Waals surface area contributed by atoms with Crippen molar-refractivity contribution in [2.75, 3.05) is 6.54 Å². The van der Waals surface area contributed by atoms with Crippen molar-refractivity contribution >= 4 is 28.1 Å². The first-order chi connectivity index (χ1) is 9.83. The zero-order chi connectivity index (χ0) is 13.5. The molecule has 0 aliphatic carbocycles. The van der Waals surface area contributed by atoms with E-state index in [0.717, 1.165) is 23.9 Å². The number of para-hydroxylation sites is 1. The molecule has 0 bridgehead atoms. The monoisotopic (exact) mass is 283 g/mol. The average Bonchev–Trinajstić information content (AvgIpc) is 3.13. The van der Waals surface area contributed by atoms with Crippen LogP contribution in [0.5, 0.6) is 0 Å². The van der Waals surface area contributed by atoms with Crippen LogP contribution >= 0.6 is 11.3 Å². The molecule has 4 rings (SSSR count). The number of carbonyl (C=O) groups is 1. The lowest BCUT2D eigenvalue weighted by atomic mass is 10.1. The molecule has 0 fully saturated rings. The van der Waals surface area contributed by atoms with Crippen molar-refractivity contribution in [3.8, 4) is 0 Å². The number of fused-ring (bicyclic) bond motifs is 2. The molecule has 0 atom stereocenters. The number of nitrogens with one attached hydrogen (secondary N) is 1. The fourth-order valence-electron chi connectivity index (χ4n) is 2.74. The first-order valence-corrected chi connectivity index (χ1v) is 7.47. The predicted octanol–water partition coefficient (Wildman–Crippen LogP) is 2.82. The number of thiophene rings is 1. The van der Waals surface area contributed by atoms with Gasteiger partial charge in [-0.2, -0.15) is 5.10 Å². The number of rotatable bonds is 1. The van der Waals surface area contributed by atoms with Crippen LogP contribution in [-0.4, -0.2) is 27.5 Å². The van der Waals surface area contributed by atoms with Crippen molar-refractivity contribution in [3.05, 3.63) is 51.8 Å². The molecule has 2 aromatic heterocycles. The van der Waals surface area contributed by atoms with Gasteiger partial charge in [0, 0.05) is 23.4 Å². The standard InChI is InChI=1S/C15H13N3OS/c19-15(12-3-1-2-10-8-16-17-14(10)12)18-6-4-13-11(9-18)5-7-20-13/h1-3,5,7-8H,4,6,9H2,(H,16,17). The summed E-state index contributed by atoms with van der Waals surface area (Å²) in [5.74, 6) is 0.0803. The zero-order valence-corrected chi connectivity index (χ0v) is 11.6. The van der Waals surface area contributed by atoms with Gasteiger partial charge in [0.05, 0.1) is 17.3 Å². The maximum absolute atomic E-state index is 12.7. The zero-order valence-electron chi connectivity index (χ0n) is 10.8. The summed E-state index contributed by atoms with van der Waals surface area (Å²) in [6, 6.07) is 7.86. The van der Waals surface area contributed by atoms with Crippen LogP contribution < -0.4 is 0 Å². The maximum atomic E-state index is 12.7. The number of aromatic amines is 1. The Morgan fingerprint density at radius 3 is 3.25 bits per heavy atom. The molecule has 100 valence electrons. The van der Waals surface area contributed by atoms with Crippen LogP contribution in [0.4, 0.5) is 0 Å². The molecule has 1 aliphatic rings. The molecule has 3 heterocycles. The third-order valence-electron chi connectivity index (χ3n) is 3.80. The highest BCUT2D eigenvalue weighted by atomic mass is 32.1. The molecule has 1 aromatic carbocycles. The van der Waals surface area contributed by atoms with Gasteiger partial charge >= 0.3 is 0 Å². The van der Waals surface area contributed by atoms with Gasteiger partial charge in [-0.25, -0.2) is 0 Å². The van der Waals surface area contributed by atoms with E-state index < -0.39 is 0 Å². The Labute approximate surface area is 120 Å². The third-order valence-corrected chi connectivity index (χ3v) is 4.82. The number of benzene rings is 1. The lowest BCUT2D eigenvalue weighted by Gasteiger charge is -2.27. The summed E-state index contributed by atoms with van der Waals surface area (Å²) < 4.78 is 0. The van der Waals surface area contributed by atoms with E-state index >= 15 is 0 Å². The fraction of sp³-hybridized carbons (Fsp3) is 0.200. The minimum absolute atomic E-state index is 0.0803. The second-order valence-corrected chi connectivity index (χ2v) is 5.99. The molecule has 0 saturated carbocycles. The van der Waals surface area contributed by atoms with E-state index in [1.54, 1.807) is 17.5 Å². The largest absolute Gasteiger partial charge is 0.334 e. The van der Waals surface area contributed by atoms with Gasteiger partial charge in [-0.1, -0.05) is 12.1 Å². The van der Waals surface area contributed by atoms with E-state index in [4.69, 9.17) is 0 Å². The minimum atomic E-state index is 0.0803. The summed E-state index contributed by atoms with van der Waals surface area (Å²) in [5.41, 5.74) is 2.82. The van der Waals surface area contributed by atoms with Gasteiger partial charge in [0.15, 0.2) is 0 Å². The summed E-state index contributed by atoms with van der Waals surface area (Å²) in [6.07, 6.45) is 2.71. The minimum Gasteiger partial charge on any atom is -0.334 e. The number of H-pyrrole nitrogens is 1. The van der Waals surface area contributed by atoms with Crippen molar-refractivity contribution in [3.63, 3.8) is 0 Å². The first-order valence-electron chi connectivity index (χ1n) is 6.59. The molecule has 5 heteroatoms. The molecule has 0 unspecified atom stereocenters. The summed E-state index contributed by atoms with van der Waals surface area (Å²) >= 11 is 1.78. The van der Waals surface area contributed by atoms with Crippen LogP contribution in [0.25, 0.3) is 10.9 Å². The van der Waals surface area contributed by atoms with Crippen LogP contribution in [0.15, 0.2) is 35.8 Å². The third kappa shape index (κ3) is 1.74. The van der Waals surface area contributed by atoms with Crippen molar-refractivity contribution in [1.29, 1.82) is 0 Å². The van der Waals surface area contributed by atoms with Crippen LogP contribution in [-0.2, 0) is 13.0 Å². The molecule has 0 saturated heterocycles. The Hall–Kier alpha value is -2.14. The fourth-order valence-corrected chi connectivity index (χ4v) is 3.63. The molecule has 3 aromatic rings. The number of amides is 1. The lowest BCUT2D eigenvalue weighted by Crippen LogP contribution is -2.35. The van der Waals surface area contributed by atoms with E-state index in [2.05, 4.69) is 21.6 Å². The molecule has 1 amide bonds. The Balaban J connectivity index is 1.70. The van der Waals surface area contributed by atoms with E-state index in [9.17, 15) is 4.79 Å². The molecule has 4 nitrogen and oxygen atoms in total. The topological polar surface area (TPSA) is 49.0 Å². The number of carbonyl (C=O) groups excluding carboxylic acids is 1. The van der Waals surface area contributed by atoms with E-state index in [0.29, 0.717) is 12.1 Å². The van der Waals surface area contributed by atoms with Crippen molar-refractivity contribution < 1.29 is 4.79 Å². The molecule has 0 radical (unpaired) electrons. The predicted molar refractivity (Wildman–Crippen MR) is 78.9 cm³/mol. The summed E-state index contributed by atoms with van der Waals surface area (Å²) in [5, 5.41) is 10.0. The highest BCUT2D eigenvalue weighted by Gasteiger charge is 2.23. The second-order valence-electron chi connectivity index (χ2n) is 4.99. The van der Waals surface area contributed by atoms with Crippen LogP contribution in [0, 0.1) is 0 Å². The number of aromatic nitrogens is 2. The molecule has 1 aliphatic heterocycles. The van der Waals surface area contributed by atoms with Gasteiger partial charge in [0.25, 0.3) is 5.91 Å². The van der Waals surface area contributed by atoms with Gasteiger partial charge < -0.3 is 4.90 Å². The SMILES string of the molecule is O=C(c1cccc2cn[nH]c12)N1CCc2sccc2C1. The van der Waals surface area contributed by atoms with E-state index in [-0.39, 0.29) is 5.91 Å². The maximum Gasteiger partial charge on any atom is 0.256 e. The Morgan fingerprint density at radius 1 is 1.35 bits per heavy atom. The van der Waals surface area contributed by atoms with Gasteiger partial charge in [-0.15, -0.1) is 11.3 Å². The van der Waals surface area contributed by atoms with Gasteiger partial charge in [0.2, 0.25) is 0 Å². The number of hydrogen-bond donors (Lipinski definition) is 1. The second kappa shape index (κ2) is 4.45. The van der Waals surface area contributed by atoms with Crippen LogP contribution in [0.2, 0.25) is 0 Å². The summed E-state index contributed by atoms with van der Waals surface area (Å²) in [6.45, 7) is 1.50. The average molecular weight is 283 g/mol. The first kappa shape index (κ1) is 11.7. The Morgan fingerprint density at radius 2 is 2.30 bits per heavy atom. The lowest BCUT2D eigenvalue weighted by molar-refractivity contribution is 0.0737. The smallest absolute Gasteiger partial charge is 0.256 e. The quantitative estimate of drug-likeness (QED) is 0.746. The summed E-state index contributed by atoms with van der Waals surface area (Å²) in [4.78, 5) is 16.1. The van der Waals surface area contributed by atoms with E-state index in [1.165, 1.54) is 10.4 Å². The van der Waals surface area contributed by atoms with Crippen LogP contribution in [0.3, 0.4) is 0 Å². The van der Waals surface area contributed by atoms with Gasteiger partial charge in [-0.05, 0) is 29.5 Å². The highest BCUT2D eigenvalue weighted by molar-refractivity contribution is 7.10. The van der Waals surface area contributed by atoms with Crippen LogP contribution in [0.1, 0.15) is 20.8 Å². The van der Waals surface area contributed by atoms with E-state index in [1.807, 2.05) is 23.1 Å². The van der Waals surface area contributed by atoms with Crippen molar-refractivity contribution in [2.24, 2.45) is 0 Å². The Kier molecular flexibility index (Phi) is 2.60. The Bertz CT molecular complexity index is 789.